The summed E-state index contributed by atoms with van der Waals surface area (Å²) in [7, 11) is 0. The zero-order chi connectivity index (χ0) is 11.5. The molecule has 0 saturated carbocycles. The number of rotatable bonds is 3. The molecular weight excluding hydrogens is 230 g/mol. The van der Waals surface area contributed by atoms with E-state index in [0.717, 1.165) is 11.6 Å². The highest BCUT2D eigenvalue weighted by Gasteiger charge is 2.13. The summed E-state index contributed by atoms with van der Waals surface area (Å²) in [6.45, 7) is 0. The summed E-state index contributed by atoms with van der Waals surface area (Å²) in [5, 5.41) is 13.4. The summed E-state index contributed by atoms with van der Waals surface area (Å²) in [5.41, 5.74) is 0.923. The van der Waals surface area contributed by atoms with E-state index in [9.17, 15) is 13.9 Å². The number of hydrogen-bond donors (Lipinski definition) is 1. The highest BCUT2D eigenvalue weighted by atomic mass is 32.1. The van der Waals surface area contributed by atoms with Crippen LogP contribution in [0.3, 0.4) is 0 Å². The van der Waals surface area contributed by atoms with Crippen molar-refractivity contribution >= 4 is 11.3 Å². The monoisotopic (exact) mass is 240 g/mol. The Morgan fingerprint density at radius 3 is 2.75 bits per heavy atom. The quantitative estimate of drug-likeness (QED) is 0.872. The highest BCUT2D eigenvalue weighted by Crippen LogP contribution is 2.22. The van der Waals surface area contributed by atoms with Crippen LogP contribution in [0.1, 0.15) is 17.2 Å². The number of hydrogen-bond acceptors (Lipinski definition) is 2. The standard InChI is InChI=1S/C12H10F2OS/c13-10-3-1-2-8(12(10)14)6-11(15)9-4-5-16-7-9/h1-5,7,11,15H,6H2. The van der Waals surface area contributed by atoms with Crippen LogP contribution < -0.4 is 0 Å². The Hall–Kier alpha value is -1.26. The molecule has 1 aromatic carbocycles. The van der Waals surface area contributed by atoms with Crippen molar-refractivity contribution in [3.8, 4) is 0 Å². The molecular formula is C12H10F2OS. The van der Waals surface area contributed by atoms with Crippen molar-refractivity contribution in [1.29, 1.82) is 0 Å². The van der Waals surface area contributed by atoms with Gasteiger partial charge in [-0.15, -0.1) is 0 Å². The van der Waals surface area contributed by atoms with Crippen LogP contribution in [-0.2, 0) is 6.42 Å². The molecule has 0 amide bonds. The molecule has 1 heterocycles. The number of aliphatic hydroxyl groups is 1. The molecule has 1 aromatic heterocycles. The molecule has 0 aliphatic carbocycles. The Morgan fingerprint density at radius 2 is 2.06 bits per heavy atom. The fraction of sp³-hybridized carbons (Fsp3) is 0.167. The molecule has 1 atom stereocenters. The van der Waals surface area contributed by atoms with Crippen LogP contribution in [0, 0.1) is 11.6 Å². The Labute approximate surface area is 96.0 Å². The van der Waals surface area contributed by atoms with Crippen molar-refractivity contribution in [3.63, 3.8) is 0 Å². The van der Waals surface area contributed by atoms with Gasteiger partial charge in [0.1, 0.15) is 0 Å². The van der Waals surface area contributed by atoms with Gasteiger partial charge in [0.25, 0.3) is 0 Å². The maximum atomic E-state index is 13.3. The Bertz CT molecular complexity index is 468. The molecule has 1 nitrogen and oxygen atoms in total. The third kappa shape index (κ3) is 2.28. The second kappa shape index (κ2) is 4.72. The number of aliphatic hydroxyl groups excluding tert-OH is 1. The number of benzene rings is 1. The van der Waals surface area contributed by atoms with E-state index >= 15 is 0 Å². The van der Waals surface area contributed by atoms with E-state index in [1.165, 1.54) is 23.5 Å². The van der Waals surface area contributed by atoms with Gasteiger partial charge < -0.3 is 5.11 Å². The molecule has 0 spiro atoms. The maximum Gasteiger partial charge on any atom is 0.162 e. The lowest BCUT2D eigenvalue weighted by Crippen LogP contribution is -2.03. The van der Waals surface area contributed by atoms with Crippen LogP contribution in [0.5, 0.6) is 0 Å². The van der Waals surface area contributed by atoms with E-state index in [-0.39, 0.29) is 12.0 Å². The minimum Gasteiger partial charge on any atom is -0.388 e. The molecule has 16 heavy (non-hydrogen) atoms. The molecule has 0 bridgehead atoms. The van der Waals surface area contributed by atoms with Gasteiger partial charge in [0, 0.05) is 6.42 Å². The lowest BCUT2D eigenvalue weighted by Gasteiger charge is -2.09. The van der Waals surface area contributed by atoms with Crippen LogP contribution in [0.4, 0.5) is 8.78 Å². The minimum atomic E-state index is -0.880. The average molecular weight is 240 g/mol. The first-order valence-corrected chi connectivity index (χ1v) is 5.76. The van der Waals surface area contributed by atoms with Crippen LogP contribution in [0.2, 0.25) is 0 Å². The predicted octanol–water partition coefficient (Wildman–Crippen LogP) is 3.30. The molecule has 84 valence electrons. The molecule has 0 radical (unpaired) electrons. The number of thiophene rings is 1. The molecule has 2 rings (SSSR count). The molecule has 0 fully saturated rings. The highest BCUT2D eigenvalue weighted by molar-refractivity contribution is 7.07. The first-order valence-electron chi connectivity index (χ1n) is 4.81. The van der Waals surface area contributed by atoms with E-state index in [1.54, 1.807) is 11.4 Å². The van der Waals surface area contributed by atoms with E-state index in [2.05, 4.69) is 0 Å². The topological polar surface area (TPSA) is 20.2 Å². The third-order valence-corrected chi connectivity index (χ3v) is 3.07. The summed E-state index contributed by atoms with van der Waals surface area (Å²) in [5.74, 6) is -1.76. The summed E-state index contributed by atoms with van der Waals surface area (Å²) < 4.78 is 26.2. The molecule has 1 N–H and O–H groups in total. The normalized spacial score (nSPS) is 12.7. The van der Waals surface area contributed by atoms with Gasteiger partial charge in [0.15, 0.2) is 11.6 Å². The van der Waals surface area contributed by atoms with Gasteiger partial charge in [0.2, 0.25) is 0 Å². The Balaban J connectivity index is 2.18. The Morgan fingerprint density at radius 1 is 1.25 bits per heavy atom. The van der Waals surface area contributed by atoms with Crippen LogP contribution in [0.25, 0.3) is 0 Å². The first-order chi connectivity index (χ1) is 7.68. The van der Waals surface area contributed by atoms with Gasteiger partial charge in [-0.05, 0) is 34.0 Å². The lowest BCUT2D eigenvalue weighted by atomic mass is 10.0. The van der Waals surface area contributed by atoms with Gasteiger partial charge in [0.05, 0.1) is 6.10 Å². The van der Waals surface area contributed by atoms with Crippen molar-refractivity contribution < 1.29 is 13.9 Å². The molecule has 0 aliphatic rings. The van der Waals surface area contributed by atoms with Gasteiger partial charge in [-0.1, -0.05) is 12.1 Å². The SMILES string of the molecule is OC(Cc1cccc(F)c1F)c1ccsc1. The Kier molecular flexibility index (Phi) is 3.31. The van der Waals surface area contributed by atoms with Crippen molar-refractivity contribution in [2.75, 3.05) is 0 Å². The number of halogens is 2. The summed E-state index contributed by atoms with van der Waals surface area (Å²) in [6.07, 6.45) is -0.706. The molecule has 1 unspecified atom stereocenters. The van der Waals surface area contributed by atoms with Crippen LogP contribution in [-0.4, -0.2) is 5.11 Å². The van der Waals surface area contributed by atoms with E-state index in [0.29, 0.717) is 0 Å². The fourth-order valence-corrected chi connectivity index (χ4v) is 2.20. The van der Waals surface area contributed by atoms with Crippen molar-refractivity contribution in [2.45, 2.75) is 12.5 Å². The van der Waals surface area contributed by atoms with Gasteiger partial charge in [-0.25, -0.2) is 8.78 Å². The van der Waals surface area contributed by atoms with Crippen LogP contribution >= 0.6 is 11.3 Å². The van der Waals surface area contributed by atoms with Crippen LogP contribution in [0.15, 0.2) is 35.0 Å². The van der Waals surface area contributed by atoms with E-state index in [1.807, 2.05) is 5.38 Å². The van der Waals surface area contributed by atoms with E-state index in [4.69, 9.17) is 0 Å². The van der Waals surface area contributed by atoms with Gasteiger partial charge >= 0.3 is 0 Å². The smallest absolute Gasteiger partial charge is 0.162 e. The average Bonchev–Trinajstić information content (AvgIpc) is 2.78. The third-order valence-electron chi connectivity index (χ3n) is 2.37. The summed E-state index contributed by atoms with van der Waals surface area (Å²) >= 11 is 1.46. The van der Waals surface area contributed by atoms with Crippen molar-refractivity contribution in [2.24, 2.45) is 0 Å². The summed E-state index contributed by atoms with van der Waals surface area (Å²) in [6, 6.07) is 5.75. The maximum absolute atomic E-state index is 13.3. The zero-order valence-corrected chi connectivity index (χ0v) is 9.18. The summed E-state index contributed by atoms with van der Waals surface area (Å²) in [4.78, 5) is 0. The molecule has 4 heteroatoms. The van der Waals surface area contributed by atoms with Gasteiger partial charge in [-0.3, -0.25) is 0 Å². The second-order valence-electron chi connectivity index (χ2n) is 3.49. The second-order valence-corrected chi connectivity index (χ2v) is 4.27. The fourth-order valence-electron chi connectivity index (χ4n) is 1.50. The molecule has 2 aromatic rings. The molecule has 0 aliphatic heterocycles. The van der Waals surface area contributed by atoms with Gasteiger partial charge in [-0.2, -0.15) is 11.3 Å². The largest absolute Gasteiger partial charge is 0.388 e. The predicted molar refractivity (Wildman–Crippen MR) is 59.3 cm³/mol. The van der Waals surface area contributed by atoms with Crippen molar-refractivity contribution in [1.82, 2.24) is 0 Å². The minimum absolute atomic E-state index is 0.0837. The zero-order valence-electron chi connectivity index (χ0n) is 8.36. The lowest BCUT2D eigenvalue weighted by molar-refractivity contribution is 0.177. The first kappa shape index (κ1) is 11.2. The molecule has 0 saturated heterocycles. The van der Waals surface area contributed by atoms with E-state index < -0.39 is 17.7 Å². The van der Waals surface area contributed by atoms with Crippen molar-refractivity contribution in [3.05, 3.63) is 57.8 Å².